The highest BCUT2D eigenvalue weighted by molar-refractivity contribution is 6.31. The van der Waals surface area contributed by atoms with Crippen molar-refractivity contribution in [3.05, 3.63) is 34.9 Å². The molecule has 1 aromatic carbocycles. The van der Waals surface area contributed by atoms with Crippen molar-refractivity contribution in [1.82, 2.24) is 9.80 Å². The van der Waals surface area contributed by atoms with Crippen molar-refractivity contribution >= 4 is 17.5 Å². The number of halogens is 1. The molecule has 0 spiro atoms. The monoisotopic (exact) mass is 348 g/mol. The van der Waals surface area contributed by atoms with E-state index in [0.717, 1.165) is 49.7 Å². The number of hydrogen-bond donors (Lipinski definition) is 0. The van der Waals surface area contributed by atoms with Crippen LogP contribution >= 0.6 is 11.6 Å². The molecule has 2 fully saturated rings. The first-order valence-corrected chi connectivity index (χ1v) is 9.48. The first kappa shape index (κ1) is 17.8. The summed E-state index contributed by atoms with van der Waals surface area (Å²) in [6.07, 6.45) is 2.16. The number of carbonyl (C=O) groups is 1. The van der Waals surface area contributed by atoms with Gasteiger partial charge >= 0.3 is 0 Å². The topological polar surface area (TPSA) is 23.6 Å². The Hall–Kier alpha value is -1.06. The molecule has 2 atom stereocenters. The van der Waals surface area contributed by atoms with E-state index >= 15 is 0 Å². The van der Waals surface area contributed by atoms with Crippen molar-refractivity contribution < 1.29 is 4.79 Å². The molecule has 0 radical (unpaired) electrons. The lowest BCUT2D eigenvalue weighted by atomic mass is 9.92. The Morgan fingerprint density at radius 2 is 1.83 bits per heavy atom. The molecular weight excluding hydrogens is 320 g/mol. The van der Waals surface area contributed by atoms with Crippen LogP contribution in [0.2, 0.25) is 5.02 Å². The molecule has 2 unspecified atom stereocenters. The third kappa shape index (κ3) is 4.31. The van der Waals surface area contributed by atoms with Gasteiger partial charge in [-0.25, -0.2) is 0 Å². The average molecular weight is 349 g/mol. The zero-order valence-electron chi connectivity index (χ0n) is 15.1. The van der Waals surface area contributed by atoms with Crippen molar-refractivity contribution in [2.24, 2.45) is 11.3 Å². The van der Waals surface area contributed by atoms with Crippen molar-refractivity contribution in [3.63, 3.8) is 0 Å². The number of amides is 1. The second kappa shape index (κ2) is 7.05. The summed E-state index contributed by atoms with van der Waals surface area (Å²) in [7, 11) is 0. The van der Waals surface area contributed by atoms with Gasteiger partial charge in [0.2, 0.25) is 5.91 Å². The standard InChI is InChI=1S/C20H29ClN2O/c1-20(2,3)8-9-22-10-12-23(13-11-22)19(24)17-14-16(17)15-6-4-5-7-18(15)21/h4-7,16-17H,8-14H2,1-3H3. The van der Waals surface area contributed by atoms with Gasteiger partial charge in [-0.2, -0.15) is 0 Å². The maximum Gasteiger partial charge on any atom is 0.226 e. The van der Waals surface area contributed by atoms with Gasteiger partial charge in [0.15, 0.2) is 0 Å². The zero-order chi connectivity index (χ0) is 17.3. The third-order valence-corrected chi connectivity index (χ3v) is 5.62. The molecule has 2 aliphatic rings. The minimum Gasteiger partial charge on any atom is -0.340 e. The highest BCUT2D eigenvalue weighted by Crippen LogP contribution is 2.50. The first-order valence-electron chi connectivity index (χ1n) is 9.11. The van der Waals surface area contributed by atoms with Crippen LogP contribution in [-0.2, 0) is 4.79 Å². The molecule has 0 bridgehead atoms. The van der Waals surface area contributed by atoms with E-state index in [1.807, 2.05) is 18.2 Å². The number of carbonyl (C=O) groups excluding carboxylic acids is 1. The Balaban J connectivity index is 1.48. The van der Waals surface area contributed by atoms with Crippen LogP contribution in [0.4, 0.5) is 0 Å². The summed E-state index contributed by atoms with van der Waals surface area (Å²) in [6, 6.07) is 7.94. The van der Waals surface area contributed by atoms with Crippen LogP contribution < -0.4 is 0 Å². The molecule has 1 saturated carbocycles. The minimum atomic E-state index is 0.144. The van der Waals surface area contributed by atoms with Gasteiger partial charge in [0.1, 0.15) is 0 Å². The lowest BCUT2D eigenvalue weighted by Crippen LogP contribution is -2.49. The molecule has 132 valence electrons. The fraction of sp³-hybridized carbons (Fsp3) is 0.650. The summed E-state index contributed by atoms with van der Waals surface area (Å²) in [5.74, 6) is 0.798. The van der Waals surface area contributed by atoms with Gasteiger partial charge in [0.05, 0.1) is 0 Å². The molecule has 1 aliphatic heterocycles. The van der Waals surface area contributed by atoms with E-state index in [1.165, 1.54) is 6.42 Å². The highest BCUT2D eigenvalue weighted by Gasteiger charge is 2.46. The van der Waals surface area contributed by atoms with Crippen molar-refractivity contribution in [3.8, 4) is 0 Å². The van der Waals surface area contributed by atoms with Gasteiger partial charge < -0.3 is 4.90 Å². The summed E-state index contributed by atoms with van der Waals surface area (Å²) in [6.45, 7) is 11.7. The van der Waals surface area contributed by atoms with E-state index < -0.39 is 0 Å². The van der Waals surface area contributed by atoms with E-state index in [9.17, 15) is 4.79 Å². The Labute approximate surface area is 151 Å². The minimum absolute atomic E-state index is 0.144. The lowest BCUT2D eigenvalue weighted by molar-refractivity contribution is -0.134. The SMILES string of the molecule is CC(C)(C)CCN1CCN(C(=O)C2CC2c2ccccc2Cl)CC1. The smallest absolute Gasteiger partial charge is 0.226 e. The predicted octanol–water partition coefficient (Wildman–Crippen LogP) is 4.02. The third-order valence-electron chi connectivity index (χ3n) is 5.27. The number of rotatable bonds is 4. The van der Waals surface area contributed by atoms with Crippen LogP contribution in [0.3, 0.4) is 0 Å². The molecule has 1 saturated heterocycles. The van der Waals surface area contributed by atoms with Gasteiger partial charge in [-0.05, 0) is 42.3 Å². The molecule has 1 heterocycles. The molecule has 24 heavy (non-hydrogen) atoms. The summed E-state index contributed by atoms with van der Waals surface area (Å²) in [5.41, 5.74) is 1.52. The summed E-state index contributed by atoms with van der Waals surface area (Å²) in [5, 5.41) is 0.796. The van der Waals surface area contributed by atoms with E-state index in [0.29, 0.717) is 17.2 Å². The largest absolute Gasteiger partial charge is 0.340 e. The van der Waals surface area contributed by atoms with Crippen molar-refractivity contribution in [2.75, 3.05) is 32.7 Å². The Morgan fingerprint density at radius 3 is 2.46 bits per heavy atom. The van der Waals surface area contributed by atoms with Crippen LogP contribution in [0.1, 0.15) is 45.1 Å². The van der Waals surface area contributed by atoms with E-state index in [4.69, 9.17) is 11.6 Å². The molecule has 3 nitrogen and oxygen atoms in total. The molecule has 1 amide bonds. The van der Waals surface area contributed by atoms with Gasteiger partial charge in [-0.15, -0.1) is 0 Å². The maximum atomic E-state index is 12.7. The van der Waals surface area contributed by atoms with Crippen LogP contribution in [0.5, 0.6) is 0 Å². The highest BCUT2D eigenvalue weighted by atomic mass is 35.5. The van der Waals surface area contributed by atoms with E-state index in [1.54, 1.807) is 0 Å². The van der Waals surface area contributed by atoms with E-state index in [2.05, 4.69) is 36.6 Å². The number of nitrogens with zero attached hydrogens (tertiary/aromatic N) is 2. The average Bonchev–Trinajstić information content (AvgIpc) is 3.33. The fourth-order valence-electron chi connectivity index (χ4n) is 3.51. The molecule has 4 heteroatoms. The van der Waals surface area contributed by atoms with Crippen LogP contribution in [0.15, 0.2) is 24.3 Å². The second-order valence-corrected chi connectivity index (χ2v) is 8.85. The predicted molar refractivity (Wildman–Crippen MR) is 99.4 cm³/mol. The quantitative estimate of drug-likeness (QED) is 0.820. The molecule has 1 aliphatic carbocycles. The van der Waals surface area contributed by atoms with E-state index in [-0.39, 0.29) is 5.92 Å². The van der Waals surface area contributed by atoms with Crippen LogP contribution in [0, 0.1) is 11.3 Å². The Kier molecular flexibility index (Phi) is 5.22. The fourth-order valence-corrected chi connectivity index (χ4v) is 3.78. The number of hydrogen-bond acceptors (Lipinski definition) is 2. The lowest BCUT2D eigenvalue weighted by Gasteiger charge is -2.36. The number of benzene rings is 1. The number of piperazine rings is 1. The summed E-state index contributed by atoms with van der Waals surface area (Å²) in [4.78, 5) is 17.3. The van der Waals surface area contributed by atoms with Crippen molar-refractivity contribution in [2.45, 2.75) is 39.5 Å². The van der Waals surface area contributed by atoms with Crippen molar-refractivity contribution in [1.29, 1.82) is 0 Å². The summed E-state index contributed by atoms with van der Waals surface area (Å²) < 4.78 is 0. The Bertz CT molecular complexity index is 588. The molecular formula is C20H29ClN2O. The van der Waals surface area contributed by atoms with Crippen LogP contribution in [0.25, 0.3) is 0 Å². The van der Waals surface area contributed by atoms with Gasteiger partial charge in [0, 0.05) is 37.1 Å². The van der Waals surface area contributed by atoms with Gasteiger partial charge in [0.25, 0.3) is 0 Å². The molecule has 1 aromatic rings. The Morgan fingerprint density at radius 1 is 1.17 bits per heavy atom. The molecule has 3 rings (SSSR count). The van der Waals surface area contributed by atoms with Gasteiger partial charge in [-0.3, -0.25) is 9.69 Å². The van der Waals surface area contributed by atoms with Gasteiger partial charge in [-0.1, -0.05) is 50.6 Å². The first-order chi connectivity index (χ1) is 11.3. The normalized spacial score (nSPS) is 24.9. The zero-order valence-corrected chi connectivity index (χ0v) is 15.9. The maximum absolute atomic E-state index is 12.7. The summed E-state index contributed by atoms with van der Waals surface area (Å²) >= 11 is 6.27. The molecule has 0 N–H and O–H groups in total. The molecule has 0 aromatic heterocycles. The second-order valence-electron chi connectivity index (χ2n) is 8.45. The van der Waals surface area contributed by atoms with Crippen LogP contribution in [-0.4, -0.2) is 48.4 Å².